The van der Waals surface area contributed by atoms with Gasteiger partial charge in [-0.2, -0.15) is 0 Å². The van der Waals surface area contributed by atoms with Crippen LogP contribution in [0.1, 0.15) is 0 Å². The molecule has 0 heterocycles. The van der Waals surface area contributed by atoms with Crippen molar-refractivity contribution in [2.75, 3.05) is 0 Å². The predicted octanol–water partition coefficient (Wildman–Crippen LogP) is 6.62. The van der Waals surface area contributed by atoms with Crippen molar-refractivity contribution < 1.29 is 0 Å². The van der Waals surface area contributed by atoms with Gasteiger partial charge in [0.25, 0.3) is 0 Å². The second-order valence-electron chi connectivity index (χ2n) is 7.60. The Morgan fingerprint density at radius 1 is 0.414 bits per heavy atom. The lowest BCUT2D eigenvalue weighted by Gasteiger charge is -2.12. The topological polar surface area (TPSA) is 0 Å². The summed E-state index contributed by atoms with van der Waals surface area (Å²) in [5, 5.41) is 2.42. The fraction of sp³-hybridized carbons (Fsp3) is 0. The average Bonchev–Trinajstić information content (AvgIpc) is 3.11. The van der Waals surface area contributed by atoms with Crippen LogP contribution < -0.4 is 5.46 Å². The predicted molar refractivity (Wildman–Crippen MR) is 125 cm³/mol. The van der Waals surface area contributed by atoms with E-state index in [1.807, 2.05) is 6.07 Å². The van der Waals surface area contributed by atoms with Crippen molar-refractivity contribution in [3.63, 3.8) is 0 Å². The number of hydrogen-bond donors (Lipinski definition) is 0. The summed E-state index contributed by atoms with van der Waals surface area (Å²) in [4.78, 5) is 0. The van der Waals surface area contributed by atoms with Gasteiger partial charge in [0.2, 0.25) is 0 Å². The molecule has 0 N–H and O–H groups in total. The van der Waals surface area contributed by atoms with E-state index in [0.29, 0.717) is 0 Å². The maximum atomic E-state index is 6.26. The minimum Gasteiger partial charge on any atom is -0.0889 e. The van der Waals surface area contributed by atoms with Gasteiger partial charge in [-0.25, -0.2) is 0 Å². The van der Waals surface area contributed by atoms with Crippen LogP contribution in [-0.4, -0.2) is 7.85 Å². The molecule has 1 aliphatic carbocycles. The van der Waals surface area contributed by atoms with Gasteiger partial charge in [0.1, 0.15) is 7.85 Å². The van der Waals surface area contributed by atoms with Gasteiger partial charge in [-0.15, -0.1) is 0 Å². The van der Waals surface area contributed by atoms with Gasteiger partial charge in [0.05, 0.1) is 0 Å². The maximum absolute atomic E-state index is 6.26. The molecule has 0 nitrogen and oxygen atoms in total. The maximum Gasteiger partial charge on any atom is 0.114 e. The summed E-state index contributed by atoms with van der Waals surface area (Å²) in [6.45, 7) is 0. The summed E-state index contributed by atoms with van der Waals surface area (Å²) in [6, 6.07) is 36.7. The molecule has 0 saturated heterocycles. The second-order valence-corrected chi connectivity index (χ2v) is 7.60. The monoisotopic (exact) mass is 364 g/mol. The fourth-order valence-electron chi connectivity index (χ4n) is 4.65. The first-order valence-corrected chi connectivity index (χ1v) is 9.92. The zero-order valence-corrected chi connectivity index (χ0v) is 15.9. The normalized spacial score (nSPS) is 11.6. The van der Waals surface area contributed by atoms with E-state index < -0.39 is 0 Å². The summed E-state index contributed by atoms with van der Waals surface area (Å²) >= 11 is 0. The van der Waals surface area contributed by atoms with Gasteiger partial charge in [-0.1, -0.05) is 103 Å². The lowest BCUT2D eigenvalue weighted by Crippen LogP contribution is -2.02. The highest BCUT2D eigenvalue weighted by molar-refractivity contribution is 6.40. The molecule has 132 valence electrons. The summed E-state index contributed by atoms with van der Waals surface area (Å²) < 4.78 is 0. The van der Waals surface area contributed by atoms with Crippen LogP contribution in [0.3, 0.4) is 0 Å². The quantitative estimate of drug-likeness (QED) is 0.303. The molecule has 0 bridgehead atoms. The van der Waals surface area contributed by atoms with E-state index in [9.17, 15) is 0 Å². The molecule has 6 rings (SSSR count). The largest absolute Gasteiger partial charge is 0.114 e. The molecule has 0 spiro atoms. The van der Waals surface area contributed by atoms with Crippen LogP contribution in [0.4, 0.5) is 0 Å². The number of hydrogen-bond acceptors (Lipinski definition) is 0. The summed E-state index contributed by atoms with van der Waals surface area (Å²) in [6.07, 6.45) is 0. The minimum atomic E-state index is 0.841. The molecule has 0 unspecified atom stereocenters. The molecule has 5 aromatic carbocycles. The fourth-order valence-corrected chi connectivity index (χ4v) is 4.65. The Balaban J connectivity index is 1.59. The van der Waals surface area contributed by atoms with E-state index in [1.54, 1.807) is 0 Å². The number of fused-ring (bicyclic) bond motifs is 3. The van der Waals surface area contributed by atoms with Gasteiger partial charge in [0.15, 0.2) is 0 Å². The molecule has 1 heteroatoms. The summed E-state index contributed by atoms with van der Waals surface area (Å²) in [5.74, 6) is 0. The van der Waals surface area contributed by atoms with Crippen molar-refractivity contribution in [3.05, 3.63) is 103 Å². The molecular weight excluding hydrogens is 347 g/mol. The highest BCUT2D eigenvalue weighted by Gasteiger charge is 2.22. The zero-order valence-electron chi connectivity index (χ0n) is 15.9. The van der Waals surface area contributed by atoms with E-state index in [4.69, 9.17) is 7.85 Å². The third kappa shape index (κ3) is 2.41. The third-order valence-corrected chi connectivity index (χ3v) is 6.00. The van der Waals surface area contributed by atoms with E-state index in [2.05, 4.69) is 97.1 Å². The first-order valence-electron chi connectivity index (χ1n) is 9.92. The van der Waals surface area contributed by atoms with E-state index in [-0.39, 0.29) is 0 Å². The first-order chi connectivity index (χ1) is 14.3. The minimum absolute atomic E-state index is 0.841. The van der Waals surface area contributed by atoms with Crippen LogP contribution in [0.2, 0.25) is 0 Å². The molecule has 1 aliphatic rings. The molecular formula is C28H17B. The van der Waals surface area contributed by atoms with Crippen LogP contribution in [0.15, 0.2) is 103 Å². The van der Waals surface area contributed by atoms with Crippen molar-refractivity contribution in [2.24, 2.45) is 0 Å². The Bertz CT molecular complexity index is 1400. The Morgan fingerprint density at radius 3 is 1.90 bits per heavy atom. The molecule has 0 aromatic heterocycles. The summed E-state index contributed by atoms with van der Waals surface area (Å²) in [5.41, 5.74) is 11.0. The summed E-state index contributed by atoms with van der Waals surface area (Å²) in [7, 11) is 6.26. The van der Waals surface area contributed by atoms with Crippen LogP contribution in [0.25, 0.3) is 55.3 Å². The van der Waals surface area contributed by atoms with Crippen molar-refractivity contribution >= 4 is 24.1 Å². The molecule has 29 heavy (non-hydrogen) atoms. The first kappa shape index (κ1) is 16.4. The highest BCUT2D eigenvalue weighted by atomic mass is 14.2. The average molecular weight is 364 g/mol. The van der Waals surface area contributed by atoms with E-state index in [0.717, 1.165) is 10.8 Å². The van der Waals surface area contributed by atoms with Crippen molar-refractivity contribution in [3.8, 4) is 44.5 Å². The molecule has 5 aromatic rings. The zero-order chi connectivity index (χ0) is 19.4. The van der Waals surface area contributed by atoms with Crippen LogP contribution in [0.5, 0.6) is 0 Å². The van der Waals surface area contributed by atoms with Crippen LogP contribution in [0, 0.1) is 0 Å². The molecule has 0 saturated carbocycles. The van der Waals surface area contributed by atoms with E-state index >= 15 is 0 Å². The van der Waals surface area contributed by atoms with Gasteiger partial charge in [-0.3, -0.25) is 0 Å². The Hall–Kier alpha value is -3.58. The number of benzene rings is 5. The smallest absolute Gasteiger partial charge is 0.0889 e. The van der Waals surface area contributed by atoms with Crippen LogP contribution in [-0.2, 0) is 0 Å². The third-order valence-electron chi connectivity index (χ3n) is 6.00. The SMILES string of the molecule is [B]c1ccc2c3c(cccc13)-c1cc(-c3ccccc3-c3ccccc3)ccc1-2. The molecule has 0 aliphatic heterocycles. The van der Waals surface area contributed by atoms with E-state index in [1.165, 1.54) is 49.9 Å². The van der Waals surface area contributed by atoms with Gasteiger partial charge in [-0.05, 0) is 61.3 Å². The Morgan fingerprint density at radius 2 is 1.07 bits per heavy atom. The van der Waals surface area contributed by atoms with Crippen molar-refractivity contribution in [1.82, 2.24) is 0 Å². The number of rotatable bonds is 2. The van der Waals surface area contributed by atoms with Crippen molar-refractivity contribution in [1.29, 1.82) is 0 Å². The highest BCUT2D eigenvalue weighted by Crippen LogP contribution is 2.48. The standard InChI is InChI=1S/C28H17B/c29-27-16-15-24-22-14-13-19(17-26(22)23-11-6-12-25(27)28(23)24)21-10-5-4-9-20(21)18-7-2-1-3-8-18/h1-17H. The van der Waals surface area contributed by atoms with Gasteiger partial charge in [0, 0.05) is 0 Å². The molecule has 0 amide bonds. The van der Waals surface area contributed by atoms with Crippen molar-refractivity contribution in [2.45, 2.75) is 0 Å². The van der Waals surface area contributed by atoms with Crippen LogP contribution >= 0.6 is 0 Å². The Kier molecular flexibility index (Phi) is 3.51. The lowest BCUT2D eigenvalue weighted by molar-refractivity contribution is 1.58. The van der Waals surface area contributed by atoms with Gasteiger partial charge < -0.3 is 0 Å². The van der Waals surface area contributed by atoms with Gasteiger partial charge >= 0.3 is 0 Å². The Labute approximate surface area is 171 Å². The lowest BCUT2D eigenvalue weighted by atomic mass is 9.88. The molecule has 0 fully saturated rings. The molecule has 0 atom stereocenters. The molecule has 2 radical (unpaired) electrons. The second kappa shape index (κ2) is 6.22.